The number of fused-ring (bicyclic) bond motifs is 1. The van der Waals surface area contributed by atoms with Crippen molar-refractivity contribution in [1.82, 2.24) is 19.6 Å². The smallest absolute Gasteiger partial charge is 0.296 e. The predicted molar refractivity (Wildman–Crippen MR) is 103 cm³/mol. The lowest BCUT2D eigenvalue weighted by molar-refractivity contribution is -0.0538. The minimum atomic E-state index is -0.978. The van der Waals surface area contributed by atoms with Crippen LogP contribution in [0.4, 0.5) is 9.59 Å². The van der Waals surface area contributed by atoms with Gasteiger partial charge in [0.1, 0.15) is 0 Å². The van der Waals surface area contributed by atoms with E-state index >= 15 is 0 Å². The summed E-state index contributed by atoms with van der Waals surface area (Å²) in [6.45, 7) is 2.44. The van der Waals surface area contributed by atoms with Crippen LogP contribution in [0.2, 0.25) is 0 Å². The zero-order valence-electron chi connectivity index (χ0n) is 16.1. The van der Waals surface area contributed by atoms with Gasteiger partial charge in [-0.15, -0.1) is 0 Å². The molecule has 2 saturated heterocycles. The van der Waals surface area contributed by atoms with E-state index < -0.39 is 11.3 Å². The van der Waals surface area contributed by atoms with Gasteiger partial charge in [-0.2, -0.15) is 0 Å². The first-order valence-electron chi connectivity index (χ1n) is 9.13. The Bertz CT molecular complexity index is 888. The molecule has 0 saturated carbocycles. The molecule has 0 aromatic heterocycles. The van der Waals surface area contributed by atoms with Crippen molar-refractivity contribution < 1.29 is 9.59 Å². The van der Waals surface area contributed by atoms with Crippen molar-refractivity contribution in [3.05, 3.63) is 71.8 Å². The molecule has 2 aliphatic rings. The average molecular weight is 364 g/mol. The normalized spacial score (nSPS) is 27.6. The van der Waals surface area contributed by atoms with Crippen molar-refractivity contribution >= 4 is 12.1 Å². The summed E-state index contributed by atoms with van der Waals surface area (Å²) in [5.74, 6) is 0. The highest BCUT2D eigenvalue weighted by atomic mass is 16.2. The van der Waals surface area contributed by atoms with Crippen molar-refractivity contribution in [3.8, 4) is 0 Å². The Balaban J connectivity index is 2.17. The quantitative estimate of drug-likeness (QED) is 0.840. The summed E-state index contributed by atoms with van der Waals surface area (Å²) in [4.78, 5) is 33.6. The lowest BCUT2D eigenvalue weighted by Crippen LogP contribution is -2.62. The second kappa shape index (κ2) is 5.74. The molecule has 140 valence electrons. The highest BCUT2D eigenvalue weighted by Gasteiger charge is 2.77. The van der Waals surface area contributed by atoms with Gasteiger partial charge in [-0.3, -0.25) is 19.6 Å². The summed E-state index contributed by atoms with van der Waals surface area (Å²) >= 11 is 0. The molecule has 0 radical (unpaired) electrons. The van der Waals surface area contributed by atoms with Gasteiger partial charge in [0.25, 0.3) is 0 Å². The molecule has 2 fully saturated rings. The van der Waals surface area contributed by atoms with Gasteiger partial charge in [0.15, 0.2) is 11.3 Å². The van der Waals surface area contributed by atoms with Crippen LogP contribution in [0.1, 0.15) is 18.1 Å². The molecular formula is C21H24N4O2. The zero-order chi connectivity index (χ0) is 19.4. The second-order valence-corrected chi connectivity index (χ2v) is 7.06. The molecule has 2 atom stereocenters. The third-order valence-corrected chi connectivity index (χ3v) is 6.09. The van der Waals surface area contributed by atoms with Crippen LogP contribution in [-0.4, -0.2) is 59.3 Å². The van der Waals surface area contributed by atoms with Crippen molar-refractivity contribution in [3.63, 3.8) is 0 Å². The van der Waals surface area contributed by atoms with Crippen LogP contribution in [0.3, 0.4) is 0 Å². The Kier molecular flexibility index (Phi) is 3.70. The van der Waals surface area contributed by atoms with Gasteiger partial charge in [0.05, 0.1) is 0 Å². The van der Waals surface area contributed by atoms with E-state index in [2.05, 4.69) is 0 Å². The van der Waals surface area contributed by atoms with Gasteiger partial charge < -0.3 is 0 Å². The lowest BCUT2D eigenvalue weighted by Gasteiger charge is -2.48. The van der Waals surface area contributed by atoms with E-state index in [9.17, 15) is 9.59 Å². The lowest BCUT2D eigenvalue weighted by atomic mass is 9.80. The molecule has 0 unspecified atom stereocenters. The molecule has 0 N–H and O–H groups in total. The molecule has 4 amide bonds. The number of benzene rings is 2. The number of likely N-dealkylation sites (N-methyl/N-ethyl adjacent to an activating group) is 4. The monoisotopic (exact) mass is 364 g/mol. The van der Waals surface area contributed by atoms with Crippen molar-refractivity contribution in [1.29, 1.82) is 0 Å². The van der Waals surface area contributed by atoms with E-state index in [0.717, 1.165) is 11.1 Å². The molecule has 27 heavy (non-hydrogen) atoms. The maximum absolute atomic E-state index is 13.4. The molecular weight excluding hydrogens is 340 g/mol. The topological polar surface area (TPSA) is 47.1 Å². The maximum atomic E-state index is 13.4. The fourth-order valence-corrected chi connectivity index (χ4v) is 5.10. The van der Waals surface area contributed by atoms with E-state index in [1.165, 1.54) is 0 Å². The molecule has 2 aliphatic heterocycles. The van der Waals surface area contributed by atoms with Gasteiger partial charge in [0.2, 0.25) is 0 Å². The summed E-state index contributed by atoms with van der Waals surface area (Å²) < 4.78 is 0. The molecule has 2 aromatic rings. The minimum absolute atomic E-state index is 0.101. The molecule has 6 nitrogen and oxygen atoms in total. The highest BCUT2D eigenvalue weighted by molar-refractivity contribution is 5.89. The van der Waals surface area contributed by atoms with E-state index in [1.54, 1.807) is 40.7 Å². The maximum Gasteiger partial charge on any atom is 0.324 e. The van der Waals surface area contributed by atoms with Crippen LogP contribution >= 0.6 is 0 Å². The van der Waals surface area contributed by atoms with Gasteiger partial charge in [-0.1, -0.05) is 60.7 Å². The Labute approximate surface area is 159 Å². The van der Waals surface area contributed by atoms with Crippen molar-refractivity contribution in [2.75, 3.05) is 27.7 Å². The average Bonchev–Trinajstić information content (AvgIpc) is 3.02. The van der Waals surface area contributed by atoms with Crippen LogP contribution in [-0.2, 0) is 11.3 Å². The van der Waals surface area contributed by atoms with Gasteiger partial charge in [-0.05, 0) is 6.92 Å². The Morgan fingerprint density at radius 3 is 1.56 bits per heavy atom. The van der Waals surface area contributed by atoms with E-state index in [-0.39, 0.29) is 12.1 Å². The van der Waals surface area contributed by atoms with Crippen LogP contribution in [0.25, 0.3) is 0 Å². The third-order valence-electron chi connectivity index (χ3n) is 6.09. The zero-order valence-corrected chi connectivity index (χ0v) is 16.1. The number of rotatable bonds is 3. The number of carbonyl (C=O) groups is 2. The molecule has 0 aliphatic carbocycles. The summed E-state index contributed by atoms with van der Waals surface area (Å²) in [6, 6.07) is 19.4. The largest absolute Gasteiger partial charge is 0.324 e. The Hall–Kier alpha value is -3.02. The molecule has 0 spiro atoms. The van der Waals surface area contributed by atoms with Crippen molar-refractivity contribution in [2.24, 2.45) is 0 Å². The summed E-state index contributed by atoms with van der Waals surface area (Å²) in [6.07, 6.45) is 0. The third kappa shape index (κ3) is 1.75. The predicted octanol–water partition coefficient (Wildman–Crippen LogP) is 3.08. The fourth-order valence-electron chi connectivity index (χ4n) is 5.10. The van der Waals surface area contributed by atoms with Crippen molar-refractivity contribution in [2.45, 2.75) is 18.2 Å². The van der Waals surface area contributed by atoms with Gasteiger partial charge in [0, 0.05) is 38.8 Å². The number of urea groups is 2. The number of hydrogen-bond donors (Lipinski definition) is 0. The second-order valence-electron chi connectivity index (χ2n) is 7.06. The standard InChI is InChI=1S/C21H24N4O2/c1-5-25-19(27)24(4)20(16-12-8-6-9-13-16)21(25,17-14-10-7-11-15-17)23(3)18(26)22(20)2/h6-15H,5H2,1-4H3/t20-,21+/m1/s1. The number of hydrogen-bond acceptors (Lipinski definition) is 2. The summed E-state index contributed by atoms with van der Waals surface area (Å²) in [5, 5.41) is 0. The first-order valence-corrected chi connectivity index (χ1v) is 9.13. The number of amides is 4. The van der Waals surface area contributed by atoms with Crippen LogP contribution in [0.5, 0.6) is 0 Å². The van der Waals surface area contributed by atoms with Crippen LogP contribution < -0.4 is 0 Å². The summed E-state index contributed by atoms with van der Waals surface area (Å²) in [5.41, 5.74) is -0.134. The highest BCUT2D eigenvalue weighted by Crippen LogP contribution is 2.60. The summed E-state index contributed by atoms with van der Waals surface area (Å²) in [7, 11) is 5.34. The van der Waals surface area contributed by atoms with E-state index in [0.29, 0.717) is 6.54 Å². The first kappa shape index (κ1) is 17.4. The Morgan fingerprint density at radius 2 is 1.07 bits per heavy atom. The Morgan fingerprint density at radius 1 is 0.667 bits per heavy atom. The van der Waals surface area contributed by atoms with Crippen LogP contribution in [0, 0.1) is 0 Å². The minimum Gasteiger partial charge on any atom is -0.296 e. The number of carbonyl (C=O) groups excluding carboxylic acids is 2. The molecule has 0 bridgehead atoms. The molecule has 6 heteroatoms. The van der Waals surface area contributed by atoms with E-state index in [1.807, 2.05) is 67.6 Å². The molecule has 2 aromatic carbocycles. The molecule has 4 rings (SSSR count). The van der Waals surface area contributed by atoms with Gasteiger partial charge in [-0.25, -0.2) is 9.59 Å². The van der Waals surface area contributed by atoms with Gasteiger partial charge >= 0.3 is 12.1 Å². The number of nitrogens with zero attached hydrogens (tertiary/aromatic N) is 4. The molecule has 2 heterocycles. The SMILES string of the molecule is CCN1C(=O)N(C)[C@@]2(c3ccccc3)N(C)C(=O)N(C)[C@@]12c1ccccc1. The first-order chi connectivity index (χ1) is 13.0. The van der Waals surface area contributed by atoms with Crippen LogP contribution in [0.15, 0.2) is 60.7 Å². The fraction of sp³-hybridized carbons (Fsp3) is 0.333. The van der Waals surface area contributed by atoms with E-state index in [4.69, 9.17) is 0 Å².